The Balaban J connectivity index is 1.58. The van der Waals surface area contributed by atoms with Gasteiger partial charge in [-0.1, -0.05) is 32.0 Å². The van der Waals surface area contributed by atoms with Crippen LogP contribution < -0.4 is 24.3 Å². The first-order chi connectivity index (χ1) is 14.0. The topological polar surface area (TPSA) is 66.0 Å². The minimum absolute atomic E-state index is 0.219. The first kappa shape index (κ1) is 20.8. The maximum atomic E-state index is 12.6. The predicted molar refractivity (Wildman–Crippen MR) is 111 cm³/mol. The van der Waals surface area contributed by atoms with Crippen LogP contribution in [0.2, 0.25) is 0 Å². The van der Waals surface area contributed by atoms with Crippen LogP contribution in [-0.4, -0.2) is 31.8 Å². The molecule has 6 heteroatoms. The van der Waals surface area contributed by atoms with Crippen molar-refractivity contribution < 1.29 is 23.7 Å². The summed E-state index contributed by atoms with van der Waals surface area (Å²) in [7, 11) is 1.61. The summed E-state index contributed by atoms with van der Waals surface area (Å²) >= 11 is 0. The summed E-state index contributed by atoms with van der Waals surface area (Å²) in [5.41, 5.74) is 0.913. The van der Waals surface area contributed by atoms with Crippen LogP contribution >= 0.6 is 0 Å². The number of nitrogens with one attached hydrogen (secondary N) is 1. The van der Waals surface area contributed by atoms with Gasteiger partial charge in [-0.3, -0.25) is 4.79 Å². The molecule has 0 radical (unpaired) electrons. The van der Waals surface area contributed by atoms with E-state index >= 15 is 0 Å². The number of carbonyl (C=O) groups excluding carboxylic acids is 1. The third-order valence-electron chi connectivity index (χ3n) is 4.75. The number of amides is 1. The highest BCUT2D eigenvalue weighted by molar-refractivity contribution is 5.82. The minimum Gasteiger partial charge on any atom is -0.493 e. The van der Waals surface area contributed by atoms with Crippen molar-refractivity contribution in [2.75, 3.05) is 13.7 Å². The zero-order valence-electron chi connectivity index (χ0n) is 17.4. The van der Waals surface area contributed by atoms with Crippen LogP contribution in [0.4, 0.5) is 0 Å². The average Bonchev–Trinajstić information content (AvgIpc) is 2.71. The lowest BCUT2D eigenvalue weighted by molar-refractivity contribution is -0.133. The Labute approximate surface area is 172 Å². The highest BCUT2D eigenvalue weighted by Gasteiger charge is 2.33. The maximum absolute atomic E-state index is 12.6. The lowest BCUT2D eigenvalue weighted by Crippen LogP contribution is -2.48. The van der Waals surface area contributed by atoms with Gasteiger partial charge in [-0.25, -0.2) is 0 Å². The van der Waals surface area contributed by atoms with Gasteiger partial charge < -0.3 is 24.3 Å². The molecule has 2 unspecified atom stereocenters. The van der Waals surface area contributed by atoms with Crippen LogP contribution in [0.5, 0.6) is 23.0 Å². The molecule has 156 valence electrons. The van der Waals surface area contributed by atoms with Crippen molar-refractivity contribution in [1.82, 2.24) is 5.32 Å². The standard InChI is InChI=1S/C23H29NO5/c1-15(2)11-12-27-18-10-9-17(13-21(18)26-4)14-24-23(25)22-16(3)28-19-7-5-6-8-20(19)29-22/h5-10,13,15-16,22H,11-12,14H2,1-4H3,(H,24,25). The van der Waals surface area contributed by atoms with E-state index in [1.165, 1.54) is 0 Å². The molecule has 2 aromatic rings. The first-order valence-corrected chi connectivity index (χ1v) is 9.97. The number of carbonyl (C=O) groups is 1. The van der Waals surface area contributed by atoms with Crippen LogP contribution in [0.15, 0.2) is 42.5 Å². The summed E-state index contributed by atoms with van der Waals surface area (Å²) in [5, 5.41) is 2.92. The quantitative estimate of drug-likeness (QED) is 0.728. The van der Waals surface area contributed by atoms with E-state index in [-0.39, 0.29) is 12.0 Å². The SMILES string of the molecule is COc1cc(CNC(=O)C2Oc3ccccc3OC2C)ccc1OCCC(C)C. The fraction of sp³-hybridized carbons (Fsp3) is 0.435. The fourth-order valence-corrected chi connectivity index (χ4v) is 3.04. The summed E-state index contributed by atoms with van der Waals surface area (Å²) in [6.45, 7) is 7.14. The van der Waals surface area contributed by atoms with E-state index in [9.17, 15) is 4.79 Å². The highest BCUT2D eigenvalue weighted by atomic mass is 16.6. The van der Waals surface area contributed by atoms with Gasteiger partial charge in [0.2, 0.25) is 6.10 Å². The largest absolute Gasteiger partial charge is 0.493 e. The van der Waals surface area contributed by atoms with Crippen molar-refractivity contribution in [1.29, 1.82) is 0 Å². The number of hydrogen-bond acceptors (Lipinski definition) is 5. The Morgan fingerprint density at radius 2 is 1.83 bits per heavy atom. The van der Waals surface area contributed by atoms with Crippen molar-refractivity contribution in [3.8, 4) is 23.0 Å². The van der Waals surface area contributed by atoms with Gasteiger partial charge in [0, 0.05) is 6.54 Å². The van der Waals surface area contributed by atoms with Crippen LogP contribution in [0, 0.1) is 5.92 Å². The fourth-order valence-electron chi connectivity index (χ4n) is 3.04. The molecule has 0 spiro atoms. The predicted octanol–water partition coefficient (Wildman–Crippen LogP) is 3.96. The molecule has 6 nitrogen and oxygen atoms in total. The molecule has 1 aliphatic rings. The summed E-state index contributed by atoms with van der Waals surface area (Å²) in [5.74, 6) is 2.95. The number of para-hydroxylation sites is 2. The van der Waals surface area contributed by atoms with E-state index in [2.05, 4.69) is 19.2 Å². The van der Waals surface area contributed by atoms with Gasteiger partial charge in [0.15, 0.2) is 23.0 Å². The number of rotatable bonds is 8. The monoisotopic (exact) mass is 399 g/mol. The van der Waals surface area contributed by atoms with Gasteiger partial charge in [-0.15, -0.1) is 0 Å². The number of methoxy groups -OCH3 is 1. The first-order valence-electron chi connectivity index (χ1n) is 9.97. The van der Waals surface area contributed by atoms with E-state index in [0.29, 0.717) is 42.1 Å². The molecular weight excluding hydrogens is 370 g/mol. The Kier molecular flexibility index (Phi) is 6.86. The van der Waals surface area contributed by atoms with Crippen LogP contribution in [0.1, 0.15) is 32.8 Å². The van der Waals surface area contributed by atoms with Crippen molar-refractivity contribution in [3.05, 3.63) is 48.0 Å². The molecular formula is C23H29NO5. The molecule has 2 atom stereocenters. The Morgan fingerprint density at radius 3 is 2.52 bits per heavy atom. The smallest absolute Gasteiger partial charge is 0.265 e. The van der Waals surface area contributed by atoms with E-state index in [1.54, 1.807) is 13.2 Å². The van der Waals surface area contributed by atoms with Crippen LogP contribution in [-0.2, 0) is 11.3 Å². The van der Waals surface area contributed by atoms with E-state index in [0.717, 1.165) is 12.0 Å². The molecule has 1 heterocycles. The van der Waals surface area contributed by atoms with Gasteiger partial charge in [-0.05, 0) is 49.1 Å². The van der Waals surface area contributed by atoms with E-state index in [4.69, 9.17) is 18.9 Å². The van der Waals surface area contributed by atoms with Crippen molar-refractivity contribution in [2.45, 2.75) is 45.9 Å². The molecule has 0 saturated carbocycles. The van der Waals surface area contributed by atoms with E-state index in [1.807, 2.05) is 43.3 Å². The second-order valence-corrected chi connectivity index (χ2v) is 7.54. The van der Waals surface area contributed by atoms with E-state index < -0.39 is 6.10 Å². The van der Waals surface area contributed by atoms with Crippen LogP contribution in [0.25, 0.3) is 0 Å². The molecule has 1 amide bonds. The zero-order valence-corrected chi connectivity index (χ0v) is 17.4. The Morgan fingerprint density at radius 1 is 1.10 bits per heavy atom. The Hall–Kier alpha value is -2.89. The molecule has 1 N–H and O–H groups in total. The van der Waals surface area contributed by atoms with Crippen molar-refractivity contribution >= 4 is 5.91 Å². The average molecular weight is 399 g/mol. The van der Waals surface area contributed by atoms with Gasteiger partial charge in [0.05, 0.1) is 13.7 Å². The summed E-state index contributed by atoms with van der Waals surface area (Å²) in [6.07, 6.45) is -0.104. The summed E-state index contributed by atoms with van der Waals surface area (Å²) in [4.78, 5) is 12.6. The third kappa shape index (κ3) is 5.34. The second kappa shape index (κ2) is 9.54. The zero-order chi connectivity index (χ0) is 20.8. The minimum atomic E-state index is -0.703. The van der Waals surface area contributed by atoms with Gasteiger partial charge >= 0.3 is 0 Å². The molecule has 3 rings (SSSR count). The Bertz CT molecular complexity index is 836. The van der Waals surface area contributed by atoms with Crippen LogP contribution in [0.3, 0.4) is 0 Å². The van der Waals surface area contributed by atoms with Gasteiger partial charge in [0.1, 0.15) is 6.10 Å². The van der Waals surface area contributed by atoms with Gasteiger partial charge in [0.25, 0.3) is 5.91 Å². The van der Waals surface area contributed by atoms with Crippen molar-refractivity contribution in [2.24, 2.45) is 5.92 Å². The number of ether oxygens (including phenoxy) is 4. The molecule has 0 aliphatic carbocycles. The second-order valence-electron chi connectivity index (χ2n) is 7.54. The van der Waals surface area contributed by atoms with Crippen molar-refractivity contribution in [3.63, 3.8) is 0 Å². The molecule has 0 aromatic heterocycles. The number of hydrogen-bond donors (Lipinski definition) is 1. The maximum Gasteiger partial charge on any atom is 0.265 e. The highest BCUT2D eigenvalue weighted by Crippen LogP contribution is 2.33. The normalized spacial score (nSPS) is 17.7. The molecule has 1 aliphatic heterocycles. The molecule has 0 bridgehead atoms. The molecule has 0 saturated heterocycles. The lowest BCUT2D eigenvalue weighted by atomic mass is 10.1. The number of benzene rings is 2. The molecule has 2 aromatic carbocycles. The summed E-state index contributed by atoms with van der Waals surface area (Å²) in [6, 6.07) is 13.0. The third-order valence-corrected chi connectivity index (χ3v) is 4.75. The molecule has 0 fully saturated rings. The lowest BCUT2D eigenvalue weighted by Gasteiger charge is -2.31. The summed E-state index contributed by atoms with van der Waals surface area (Å²) < 4.78 is 22.9. The molecule has 29 heavy (non-hydrogen) atoms. The number of fused-ring (bicyclic) bond motifs is 1. The van der Waals surface area contributed by atoms with Gasteiger partial charge in [-0.2, -0.15) is 0 Å².